The number of hydrogen-bond acceptors (Lipinski definition) is 5. The van der Waals surface area contributed by atoms with Crippen LogP contribution in [0.3, 0.4) is 0 Å². The van der Waals surface area contributed by atoms with Gasteiger partial charge in [-0.05, 0) is 25.3 Å². The highest BCUT2D eigenvalue weighted by molar-refractivity contribution is 7.15. The maximum atomic E-state index is 5.12. The lowest BCUT2D eigenvalue weighted by molar-refractivity contribution is 0.196. The number of hydrogen-bond donors (Lipinski definition) is 1. The summed E-state index contributed by atoms with van der Waals surface area (Å²) in [5.74, 6) is 0.684. The highest BCUT2D eigenvalue weighted by Gasteiger charge is 2.13. The van der Waals surface area contributed by atoms with Crippen molar-refractivity contribution in [2.45, 2.75) is 46.6 Å². The predicted octanol–water partition coefficient (Wildman–Crippen LogP) is 3.31. The smallest absolute Gasteiger partial charge is 0.185 e. The van der Waals surface area contributed by atoms with E-state index in [1.807, 2.05) is 11.3 Å². The zero-order chi connectivity index (χ0) is 15.7. The molecule has 21 heavy (non-hydrogen) atoms. The van der Waals surface area contributed by atoms with Gasteiger partial charge in [-0.3, -0.25) is 0 Å². The summed E-state index contributed by atoms with van der Waals surface area (Å²) < 4.78 is 5.12. The van der Waals surface area contributed by atoms with E-state index in [0.29, 0.717) is 5.92 Å². The maximum Gasteiger partial charge on any atom is 0.185 e. The molecule has 0 aromatic carbocycles. The third kappa shape index (κ3) is 6.76. The Hall–Kier alpha value is -0.650. The molecule has 0 aliphatic carbocycles. The van der Waals surface area contributed by atoms with Gasteiger partial charge in [0.1, 0.15) is 0 Å². The first kappa shape index (κ1) is 18.4. The Kier molecular flexibility index (Phi) is 8.88. The fourth-order valence-electron chi connectivity index (χ4n) is 2.12. The van der Waals surface area contributed by atoms with Gasteiger partial charge in [0.2, 0.25) is 0 Å². The molecule has 0 unspecified atom stereocenters. The normalized spacial score (nSPS) is 11.3. The summed E-state index contributed by atoms with van der Waals surface area (Å²) in [5.41, 5.74) is 1.27. The number of aromatic nitrogens is 1. The highest BCUT2D eigenvalue weighted by Crippen LogP contribution is 2.26. The molecule has 0 aliphatic heterocycles. The molecule has 1 N–H and O–H groups in total. The number of nitrogens with one attached hydrogen (secondary N) is 1. The Morgan fingerprint density at radius 1 is 1.38 bits per heavy atom. The van der Waals surface area contributed by atoms with E-state index in [2.05, 4.69) is 38.0 Å². The number of nitrogens with zero attached hydrogens (tertiary/aromatic N) is 2. The van der Waals surface area contributed by atoms with Gasteiger partial charge in [-0.1, -0.05) is 27.2 Å². The Labute approximate surface area is 133 Å². The van der Waals surface area contributed by atoms with E-state index in [1.54, 1.807) is 7.11 Å². The van der Waals surface area contributed by atoms with Crippen LogP contribution in [0.5, 0.6) is 0 Å². The minimum Gasteiger partial charge on any atom is -0.385 e. The number of methoxy groups -OCH3 is 1. The summed E-state index contributed by atoms with van der Waals surface area (Å²) in [7, 11) is 3.87. The van der Waals surface area contributed by atoms with Crippen molar-refractivity contribution in [3.8, 4) is 0 Å². The molecule has 0 bridgehead atoms. The van der Waals surface area contributed by atoms with Crippen LogP contribution in [0.25, 0.3) is 0 Å². The topological polar surface area (TPSA) is 37.4 Å². The molecule has 1 rings (SSSR count). The van der Waals surface area contributed by atoms with Crippen molar-refractivity contribution < 1.29 is 4.74 Å². The van der Waals surface area contributed by atoms with Crippen molar-refractivity contribution in [2.75, 3.05) is 38.8 Å². The molecular weight excluding hydrogens is 282 g/mol. The van der Waals surface area contributed by atoms with Crippen molar-refractivity contribution in [1.82, 2.24) is 10.3 Å². The summed E-state index contributed by atoms with van der Waals surface area (Å²) in [6.45, 7) is 10.5. The van der Waals surface area contributed by atoms with Crippen LogP contribution in [0.15, 0.2) is 0 Å². The van der Waals surface area contributed by atoms with Crippen molar-refractivity contribution in [1.29, 1.82) is 0 Å². The van der Waals surface area contributed by atoms with E-state index < -0.39 is 0 Å². The van der Waals surface area contributed by atoms with Crippen molar-refractivity contribution in [2.24, 2.45) is 5.92 Å². The van der Waals surface area contributed by atoms with E-state index >= 15 is 0 Å². The standard InChI is InChI=1S/C16H31N3OS/c1-6-8-14-15(12-17-11-13(2)3)21-16(18-14)19(4)9-7-10-20-5/h13,17H,6-12H2,1-5H3. The molecule has 122 valence electrons. The van der Waals surface area contributed by atoms with Gasteiger partial charge in [-0.2, -0.15) is 0 Å². The molecule has 0 spiro atoms. The van der Waals surface area contributed by atoms with E-state index in [0.717, 1.165) is 50.6 Å². The van der Waals surface area contributed by atoms with Gasteiger partial charge in [0.25, 0.3) is 0 Å². The number of ether oxygens (including phenoxy) is 1. The number of rotatable bonds is 11. The monoisotopic (exact) mass is 313 g/mol. The average Bonchev–Trinajstić information content (AvgIpc) is 2.82. The zero-order valence-corrected chi connectivity index (χ0v) is 15.1. The molecule has 5 heteroatoms. The average molecular weight is 314 g/mol. The lowest BCUT2D eigenvalue weighted by Gasteiger charge is -2.14. The van der Waals surface area contributed by atoms with E-state index in [4.69, 9.17) is 9.72 Å². The zero-order valence-electron chi connectivity index (χ0n) is 14.2. The molecule has 0 saturated heterocycles. The van der Waals surface area contributed by atoms with E-state index in [-0.39, 0.29) is 0 Å². The van der Waals surface area contributed by atoms with E-state index in [9.17, 15) is 0 Å². The number of thiazole rings is 1. The van der Waals surface area contributed by atoms with Crippen molar-refractivity contribution in [3.63, 3.8) is 0 Å². The summed E-state index contributed by atoms with van der Waals surface area (Å²) in [5, 5.41) is 4.67. The fraction of sp³-hybridized carbons (Fsp3) is 0.812. The first-order valence-corrected chi connectivity index (χ1v) is 8.79. The van der Waals surface area contributed by atoms with Crippen LogP contribution in [0.2, 0.25) is 0 Å². The Morgan fingerprint density at radius 2 is 2.14 bits per heavy atom. The lowest BCUT2D eigenvalue weighted by atomic mass is 10.2. The van der Waals surface area contributed by atoms with Gasteiger partial charge in [-0.25, -0.2) is 4.98 Å². The number of aryl methyl sites for hydroxylation is 1. The Bertz CT molecular complexity index is 393. The van der Waals surface area contributed by atoms with Gasteiger partial charge in [0.15, 0.2) is 5.13 Å². The highest BCUT2D eigenvalue weighted by atomic mass is 32.1. The first-order valence-electron chi connectivity index (χ1n) is 7.97. The molecule has 1 heterocycles. The third-order valence-corrected chi connectivity index (χ3v) is 4.47. The maximum absolute atomic E-state index is 5.12. The van der Waals surface area contributed by atoms with Gasteiger partial charge < -0.3 is 15.0 Å². The largest absolute Gasteiger partial charge is 0.385 e. The summed E-state index contributed by atoms with van der Waals surface area (Å²) >= 11 is 1.83. The van der Waals surface area contributed by atoms with Crippen LogP contribution in [-0.4, -0.2) is 38.8 Å². The van der Waals surface area contributed by atoms with Gasteiger partial charge >= 0.3 is 0 Å². The summed E-state index contributed by atoms with van der Waals surface area (Å²) in [6, 6.07) is 0. The molecular formula is C16H31N3OS. The second kappa shape index (κ2) is 10.1. The van der Waals surface area contributed by atoms with Crippen LogP contribution in [0, 0.1) is 5.92 Å². The van der Waals surface area contributed by atoms with Crippen LogP contribution in [0.1, 0.15) is 44.2 Å². The molecule has 1 aromatic heterocycles. The minimum atomic E-state index is 0.684. The van der Waals surface area contributed by atoms with Crippen LogP contribution in [0.4, 0.5) is 5.13 Å². The Balaban J connectivity index is 2.63. The van der Waals surface area contributed by atoms with Crippen LogP contribution >= 0.6 is 11.3 Å². The summed E-state index contributed by atoms with van der Waals surface area (Å²) in [6.07, 6.45) is 3.26. The second-order valence-corrected chi connectivity index (χ2v) is 6.97. The van der Waals surface area contributed by atoms with Crippen LogP contribution < -0.4 is 10.2 Å². The predicted molar refractivity (Wildman–Crippen MR) is 92.4 cm³/mol. The Morgan fingerprint density at radius 3 is 2.76 bits per heavy atom. The SMILES string of the molecule is CCCc1nc(N(C)CCCOC)sc1CNCC(C)C. The quantitative estimate of drug-likeness (QED) is 0.636. The molecule has 1 aromatic rings. The lowest BCUT2D eigenvalue weighted by Crippen LogP contribution is -2.19. The summed E-state index contributed by atoms with van der Waals surface area (Å²) in [4.78, 5) is 8.48. The molecule has 4 nitrogen and oxygen atoms in total. The molecule has 0 aliphatic rings. The van der Waals surface area contributed by atoms with Crippen molar-refractivity contribution in [3.05, 3.63) is 10.6 Å². The van der Waals surface area contributed by atoms with Gasteiger partial charge in [-0.15, -0.1) is 11.3 Å². The fourth-order valence-corrected chi connectivity index (χ4v) is 3.18. The molecule has 0 fully saturated rings. The molecule has 0 atom stereocenters. The molecule has 0 amide bonds. The first-order chi connectivity index (χ1) is 10.1. The van der Waals surface area contributed by atoms with Crippen molar-refractivity contribution >= 4 is 16.5 Å². The number of anilines is 1. The van der Waals surface area contributed by atoms with E-state index in [1.165, 1.54) is 10.6 Å². The third-order valence-electron chi connectivity index (χ3n) is 3.26. The molecule has 0 radical (unpaired) electrons. The van der Waals surface area contributed by atoms with Crippen LogP contribution in [-0.2, 0) is 17.7 Å². The van der Waals surface area contributed by atoms with Gasteiger partial charge in [0.05, 0.1) is 5.69 Å². The second-order valence-electron chi connectivity index (χ2n) is 5.91. The van der Waals surface area contributed by atoms with Gasteiger partial charge in [0, 0.05) is 38.7 Å². The minimum absolute atomic E-state index is 0.684. The molecule has 0 saturated carbocycles.